The van der Waals surface area contributed by atoms with Gasteiger partial charge in [0.1, 0.15) is 0 Å². The molecule has 0 spiro atoms. The van der Waals surface area contributed by atoms with E-state index in [4.69, 9.17) is 0 Å². The molecule has 1 aliphatic rings. The highest BCUT2D eigenvalue weighted by Crippen LogP contribution is 2.31. The van der Waals surface area contributed by atoms with Crippen LogP contribution in [0.3, 0.4) is 0 Å². The molecule has 0 atom stereocenters. The molecule has 2 rings (SSSR count). The van der Waals surface area contributed by atoms with Crippen molar-refractivity contribution < 1.29 is 5.11 Å². The zero-order chi connectivity index (χ0) is 13.1. The van der Waals surface area contributed by atoms with E-state index in [1.807, 2.05) is 0 Å². The van der Waals surface area contributed by atoms with Gasteiger partial charge in [-0.2, -0.15) is 0 Å². The summed E-state index contributed by atoms with van der Waals surface area (Å²) in [6, 6.07) is 6.77. The number of hydrogen-bond acceptors (Lipinski definition) is 3. The summed E-state index contributed by atoms with van der Waals surface area (Å²) in [5.74, 6) is 0. The lowest BCUT2D eigenvalue weighted by Crippen LogP contribution is -2.28. The first-order valence-electron chi connectivity index (χ1n) is 6.47. The van der Waals surface area contributed by atoms with Crippen molar-refractivity contribution in [2.45, 2.75) is 37.8 Å². The van der Waals surface area contributed by atoms with Gasteiger partial charge < -0.3 is 15.3 Å². The Bertz CT molecular complexity index is 401. The number of halogens is 1. The van der Waals surface area contributed by atoms with Gasteiger partial charge in [0.25, 0.3) is 0 Å². The van der Waals surface area contributed by atoms with Gasteiger partial charge in [-0.15, -0.1) is 0 Å². The van der Waals surface area contributed by atoms with Gasteiger partial charge in [0, 0.05) is 24.6 Å². The molecule has 18 heavy (non-hydrogen) atoms. The molecule has 0 amide bonds. The van der Waals surface area contributed by atoms with E-state index in [1.54, 1.807) is 0 Å². The average molecular weight is 313 g/mol. The lowest BCUT2D eigenvalue weighted by Gasteiger charge is -2.29. The van der Waals surface area contributed by atoms with Crippen LogP contribution < -0.4 is 10.2 Å². The lowest BCUT2D eigenvalue weighted by molar-refractivity contribution is 0.126. The first kappa shape index (κ1) is 13.7. The summed E-state index contributed by atoms with van der Waals surface area (Å²) in [5.41, 5.74) is 2.36. The molecule has 0 aliphatic heterocycles. The number of hydrogen-bond donors (Lipinski definition) is 2. The van der Waals surface area contributed by atoms with Gasteiger partial charge in [0.15, 0.2) is 0 Å². The van der Waals surface area contributed by atoms with Gasteiger partial charge in [-0.1, -0.05) is 15.9 Å². The predicted molar refractivity (Wildman–Crippen MR) is 80.4 cm³/mol. The third-order valence-corrected chi connectivity index (χ3v) is 3.99. The quantitative estimate of drug-likeness (QED) is 0.899. The zero-order valence-corrected chi connectivity index (χ0v) is 12.6. The second kappa shape index (κ2) is 5.93. The number of nitrogens with zero attached hydrogens (tertiary/aromatic N) is 1. The molecule has 100 valence electrons. The summed E-state index contributed by atoms with van der Waals surface area (Å²) < 4.78 is 1.09. The van der Waals surface area contributed by atoms with E-state index in [0.717, 1.165) is 35.8 Å². The molecule has 0 unspecified atom stereocenters. The maximum atomic E-state index is 9.54. The van der Waals surface area contributed by atoms with Crippen molar-refractivity contribution in [2.24, 2.45) is 0 Å². The second-order valence-corrected chi connectivity index (χ2v) is 6.12. The minimum Gasteiger partial charge on any atom is -0.393 e. The lowest BCUT2D eigenvalue weighted by atomic mass is 9.93. The first-order chi connectivity index (χ1) is 8.56. The van der Waals surface area contributed by atoms with Crippen molar-refractivity contribution in [3.05, 3.63) is 22.7 Å². The summed E-state index contributed by atoms with van der Waals surface area (Å²) in [5, 5.41) is 13.1. The van der Waals surface area contributed by atoms with E-state index < -0.39 is 0 Å². The molecule has 0 saturated heterocycles. The third-order valence-electron chi connectivity index (χ3n) is 3.50. The summed E-state index contributed by atoms with van der Waals surface area (Å²) in [4.78, 5) is 2.12. The van der Waals surface area contributed by atoms with E-state index >= 15 is 0 Å². The molecule has 1 saturated carbocycles. The van der Waals surface area contributed by atoms with Crippen molar-refractivity contribution in [1.82, 2.24) is 0 Å². The fourth-order valence-corrected chi connectivity index (χ4v) is 2.82. The Labute approximate surface area is 117 Å². The summed E-state index contributed by atoms with van der Waals surface area (Å²) in [6.07, 6.45) is 3.80. The van der Waals surface area contributed by atoms with Crippen LogP contribution in [0.25, 0.3) is 0 Å². The minimum atomic E-state index is -0.0983. The molecule has 0 heterocycles. The highest BCUT2D eigenvalue weighted by atomic mass is 79.9. The molecule has 1 aliphatic carbocycles. The fourth-order valence-electron chi connectivity index (χ4n) is 2.45. The molecule has 1 fully saturated rings. The van der Waals surface area contributed by atoms with Crippen molar-refractivity contribution >= 4 is 27.3 Å². The SMILES string of the molecule is CN(C)c1ccc(Br)cc1NC1CCC(O)CC1. The van der Waals surface area contributed by atoms with Crippen LogP contribution in [-0.2, 0) is 0 Å². The normalized spacial score (nSPS) is 23.8. The van der Waals surface area contributed by atoms with Crippen LogP contribution in [0.5, 0.6) is 0 Å². The number of aliphatic hydroxyl groups excluding tert-OH is 1. The van der Waals surface area contributed by atoms with Crippen molar-refractivity contribution in [3.8, 4) is 0 Å². The molecule has 0 radical (unpaired) electrons. The zero-order valence-electron chi connectivity index (χ0n) is 11.0. The maximum Gasteiger partial charge on any atom is 0.0597 e. The molecule has 2 N–H and O–H groups in total. The van der Waals surface area contributed by atoms with Crippen LogP contribution >= 0.6 is 15.9 Å². The van der Waals surface area contributed by atoms with E-state index in [9.17, 15) is 5.11 Å². The highest BCUT2D eigenvalue weighted by Gasteiger charge is 2.20. The molecule has 1 aromatic rings. The van der Waals surface area contributed by atoms with Crippen LogP contribution in [-0.4, -0.2) is 31.3 Å². The maximum absolute atomic E-state index is 9.54. The van der Waals surface area contributed by atoms with Gasteiger partial charge in [-0.3, -0.25) is 0 Å². The number of benzene rings is 1. The molecule has 1 aromatic carbocycles. The number of aliphatic hydroxyl groups is 1. The predicted octanol–water partition coefficient (Wildman–Crippen LogP) is 3.23. The van der Waals surface area contributed by atoms with Gasteiger partial charge in [-0.05, 0) is 43.9 Å². The van der Waals surface area contributed by atoms with E-state index in [1.165, 1.54) is 5.69 Å². The molecule has 0 bridgehead atoms. The van der Waals surface area contributed by atoms with Gasteiger partial charge in [0.05, 0.1) is 17.5 Å². The minimum absolute atomic E-state index is 0.0983. The van der Waals surface area contributed by atoms with Crippen molar-refractivity contribution in [3.63, 3.8) is 0 Å². The molecular weight excluding hydrogens is 292 g/mol. The van der Waals surface area contributed by atoms with Crippen molar-refractivity contribution in [1.29, 1.82) is 0 Å². The van der Waals surface area contributed by atoms with Crippen LogP contribution in [0.15, 0.2) is 22.7 Å². The topological polar surface area (TPSA) is 35.5 Å². The van der Waals surface area contributed by atoms with Gasteiger partial charge >= 0.3 is 0 Å². The Morgan fingerprint density at radius 3 is 2.50 bits per heavy atom. The summed E-state index contributed by atoms with van der Waals surface area (Å²) >= 11 is 3.52. The van der Waals surface area contributed by atoms with Crippen molar-refractivity contribution in [2.75, 3.05) is 24.3 Å². The first-order valence-corrected chi connectivity index (χ1v) is 7.27. The van der Waals surface area contributed by atoms with E-state index in [0.29, 0.717) is 6.04 Å². The summed E-state index contributed by atoms with van der Waals surface area (Å²) in [6.45, 7) is 0. The third kappa shape index (κ3) is 3.39. The number of nitrogens with one attached hydrogen (secondary N) is 1. The Morgan fingerprint density at radius 2 is 1.89 bits per heavy atom. The van der Waals surface area contributed by atoms with Crippen LogP contribution in [0.1, 0.15) is 25.7 Å². The van der Waals surface area contributed by atoms with Crippen LogP contribution in [0.2, 0.25) is 0 Å². The standard InChI is InChI=1S/C14H21BrN2O/c1-17(2)14-8-3-10(15)9-13(14)16-11-4-6-12(18)7-5-11/h3,8-9,11-12,16,18H,4-7H2,1-2H3. The molecule has 3 nitrogen and oxygen atoms in total. The molecule has 4 heteroatoms. The van der Waals surface area contributed by atoms with E-state index in [-0.39, 0.29) is 6.10 Å². The smallest absolute Gasteiger partial charge is 0.0597 e. The Hall–Kier alpha value is -0.740. The van der Waals surface area contributed by atoms with E-state index in [2.05, 4.69) is 58.4 Å². The van der Waals surface area contributed by atoms with Crippen LogP contribution in [0, 0.1) is 0 Å². The Morgan fingerprint density at radius 1 is 1.22 bits per heavy atom. The molecular formula is C14H21BrN2O. The monoisotopic (exact) mass is 312 g/mol. The largest absolute Gasteiger partial charge is 0.393 e. The number of anilines is 2. The Kier molecular flexibility index (Phi) is 4.51. The second-order valence-electron chi connectivity index (χ2n) is 5.21. The number of rotatable bonds is 3. The Balaban J connectivity index is 2.10. The van der Waals surface area contributed by atoms with Gasteiger partial charge in [-0.25, -0.2) is 0 Å². The van der Waals surface area contributed by atoms with Crippen LogP contribution in [0.4, 0.5) is 11.4 Å². The fraction of sp³-hybridized carbons (Fsp3) is 0.571. The average Bonchev–Trinajstić information content (AvgIpc) is 2.32. The highest BCUT2D eigenvalue weighted by molar-refractivity contribution is 9.10. The molecule has 0 aromatic heterocycles. The van der Waals surface area contributed by atoms with Gasteiger partial charge in [0.2, 0.25) is 0 Å². The summed E-state index contributed by atoms with van der Waals surface area (Å²) in [7, 11) is 4.11.